The number of nitrogens with one attached hydrogen (secondary N) is 1. The van der Waals surface area contributed by atoms with Crippen LogP contribution >= 0.6 is 11.3 Å². The van der Waals surface area contributed by atoms with Crippen molar-refractivity contribution in [2.24, 2.45) is 0 Å². The van der Waals surface area contributed by atoms with Crippen molar-refractivity contribution in [3.63, 3.8) is 0 Å². The molecule has 1 N–H and O–H groups in total. The van der Waals surface area contributed by atoms with E-state index < -0.39 is 0 Å². The Morgan fingerprint density at radius 3 is 2.70 bits per heavy atom. The molecular formula is C15H18N2O2S. The second-order valence-electron chi connectivity index (χ2n) is 4.35. The number of carbonyl (C=O) groups excluding carboxylic acids is 1. The van der Waals surface area contributed by atoms with Gasteiger partial charge in [0.25, 0.3) is 0 Å². The molecule has 2 rings (SSSR count). The number of ether oxygens (including phenoxy) is 1. The summed E-state index contributed by atoms with van der Waals surface area (Å²) in [4.78, 5) is 15.6. The van der Waals surface area contributed by atoms with Crippen molar-refractivity contribution in [2.75, 3.05) is 13.2 Å². The molecule has 1 heterocycles. The predicted molar refractivity (Wildman–Crippen MR) is 81.0 cm³/mol. The summed E-state index contributed by atoms with van der Waals surface area (Å²) in [5, 5.41) is 5.84. The van der Waals surface area contributed by atoms with E-state index in [0.29, 0.717) is 13.2 Å². The first-order valence-corrected chi connectivity index (χ1v) is 7.49. The van der Waals surface area contributed by atoms with Gasteiger partial charge in [-0.15, -0.1) is 11.3 Å². The lowest BCUT2D eigenvalue weighted by Crippen LogP contribution is -2.26. The summed E-state index contributed by atoms with van der Waals surface area (Å²) in [7, 11) is 0. The summed E-state index contributed by atoms with van der Waals surface area (Å²) in [6.45, 7) is 4.77. The summed E-state index contributed by atoms with van der Waals surface area (Å²) in [5.41, 5.74) is 3.32. The van der Waals surface area contributed by atoms with Crippen molar-refractivity contribution >= 4 is 17.4 Å². The lowest BCUT2D eigenvalue weighted by molar-refractivity contribution is 0.152. The first-order valence-electron chi connectivity index (χ1n) is 6.61. The number of benzene rings is 1. The van der Waals surface area contributed by atoms with E-state index in [0.717, 1.165) is 22.7 Å². The Kier molecular flexibility index (Phi) is 5.12. The maximum Gasteiger partial charge on any atom is 0.407 e. The van der Waals surface area contributed by atoms with Gasteiger partial charge in [-0.05, 0) is 25.8 Å². The van der Waals surface area contributed by atoms with Crippen LogP contribution in [0, 0.1) is 6.92 Å². The molecule has 0 aliphatic heterocycles. The van der Waals surface area contributed by atoms with E-state index in [4.69, 9.17) is 4.74 Å². The van der Waals surface area contributed by atoms with Crippen LogP contribution in [-0.4, -0.2) is 24.2 Å². The van der Waals surface area contributed by atoms with Gasteiger partial charge in [0.2, 0.25) is 0 Å². The SMILES string of the molecule is CCOC(=O)NCCc1ccc(-c2csc(C)n2)cc1. The Balaban J connectivity index is 1.87. The highest BCUT2D eigenvalue weighted by Crippen LogP contribution is 2.21. The fraction of sp³-hybridized carbons (Fsp3) is 0.333. The fourth-order valence-corrected chi connectivity index (χ4v) is 2.45. The molecule has 0 radical (unpaired) electrons. The van der Waals surface area contributed by atoms with Crippen LogP contribution in [0.2, 0.25) is 0 Å². The predicted octanol–water partition coefficient (Wildman–Crippen LogP) is 3.41. The van der Waals surface area contributed by atoms with E-state index in [2.05, 4.69) is 39.9 Å². The van der Waals surface area contributed by atoms with Crippen LogP contribution < -0.4 is 5.32 Å². The van der Waals surface area contributed by atoms with Crippen LogP contribution in [0.15, 0.2) is 29.6 Å². The molecule has 0 bridgehead atoms. The van der Waals surface area contributed by atoms with Gasteiger partial charge in [0.1, 0.15) is 0 Å². The lowest BCUT2D eigenvalue weighted by atomic mass is 10.1. The zero-order chi connectivity index (χ0) is 14.4. The van der Waals surface area contributed by atoms with E-state index >= 15 is 0 Å². The Hall–Kier alpha value is -1.88. The van der Waals surface area contributed by atoms with Gasteiger partial charge in [-0.2, -0.15) is 0 Å². The minimum absolute atomic E-state index is 0.359. The van der Waals surface area contributed by atoms with Crippen molar-refractivity contribution in [1.29, 1.82) is 0 Å². The monoisotopic (exact) mass is 290 g/mol. The van der Waals surface area contributed by atoms with Crippen LogP contribution in [0.3, 0.4) is 0 Å². The number of aromatic nitrogens is 1. The molecular weight excluding hydrogens is 272 g/mol. The average Bonchev–Trinajstić information content (AvgIpc) is 2.86. The first kappa shape index (κ1) is 14.5. The molecule has 1 aromatic carbocycles. The van der Waals surface area contributed by atoms with Crippen LogP contribution in [-0.2, 0) is 11.2 Å². The maximum atomic E-state index is 11.1. The molecule has 1 amide bonds. The van der Waals surface area contributed by atoms with E-state index in [9.17, 15) is 4.79 Å². The molecule has 0 spiro atoms. The molecule has 4 nitrogen and oxygen atoms in total. The fourth-order valence-electron chi connectivity index (χ4n) is 1.83. The van der Waals surface area contributed by atoms with Crippen LogP contribution in [0.25, 0.3) is 11.3 Å². The highest BCUT2D eigenvalue weighted by atomic mass is 32.1. The first-order chi connectivity index (χ1) is 9.69. The topological polar surface area (TPSA) is 51.2 Å². The van der Waals surface area contributed by atoms with Crippen LogP contribution in [0.1, 0.15) is 17.5 Å². The molecule has 0 atom stereocenters. The number of hydrogen-bond donors (Lipinski definition) is 1. The molecule has 0 unspecified atom stereocenters. The van der Waals surface area contributed by atoms with Crippen molar-refractivity contribution in [2.45, 2.75) is 20.3 Å². The van der Waals surface area contributed by atoms with Gasteiger partial charge in [0.15, 0.2) is 0 Å². The molecule has 0 aliphatic carbocycles. The summed E-state index contributed by atoms with van der Waals surface area (Å²) >= 11 is 1.65. The standard InChI is InChI=1S/C15H18N2O2S/c1-3-19-15(18)16-9-8-12-4-6-13(7-5-12)14-10-20-11(2)17-14/h4-7,10H,3,8-9H2,1-2H3,(H,16,18). The summed E-state index contributed by atoms with van der Waals surface area (Å²) in [6.07, 6.45) is 0.428. The Morgan fingerprint density at radius 2 is 2.10 bits per heavy atom. The number of thiazole rings is 1. The van der Waals surface area contributed by atoms with Gasteiger partial charge in [0.05, 0.1) is 17.3 Å². The number of carbonyl (C=O) groups is 1. The van der Waals surface area contributed by atoms with Gasteiger partial charge >= 0.3 is 6.09 Å². The third-order valence-electron chi connectivity index (χ3n) is 2.83. The molecule has 0 saturated carbocycles. The van der Waals surface area contributed by atoms with Crippen molar-refractivity contribution in [3.8, 4) is 11.3 Å². The highest BCUT2D eigenvalue weighted by molar-refractivity contribution is 7.09. The minimum Gasteiger partial charge on any atom is -0.450 e. The van der Waals surface area contributed by atoms with E-state index in [1.165, 1.54) is 5.56 Å². The number of hydrogen-bond acceptors (Lipinski definition) is 4. The van der Waals surface area contributed by atoms with Crippen molar-refractivity contribution in [3.05, 3.63) is 40.2 Å². The van der Waals surface area contributed by atoms with Gasteiger partial charge in [-0.3, -0.25) is 0 Å². The highest BCUT2D eigenvalue weighted by Gasteiger charge is 2.03. The van der Waals surface area contributed by atoms with E-state index in [1.54, 1.807) is 18.3 Å². The number of nitrogens with zero attached hydrogens (tertiary/aromatic N) is 1. The second-order valence-corrected chi connectivity index (χ2v) is 5.41. The van der Waals surface area contributed by atoms with Gasteiger partial charge in [0, 0.05) is 17.5 Å². The summed E-state index contributed by atoms with van der Waals surface area (Å²) in [6, 6.07) is 8.26. The second kappa shape index (κ2) is 7.05. The molecule has 106 valence electrons. The number of rotatable bonds is 5. The molecule has 0 saturated heterocycles. The largest absolute Gasteiger partial charge is 0.450 e. The lowest BCUT2D eigenvalue weighted by Gasteiger charge is -2.05. The molecule has 0 fully saturated rings. The third kappa shape index (κ3) is 4.06. The summed E-state index contributed by atoms with van der Waals surface area (Å²) < 4.78 is 4.80. The quantitative estimate of drug-likeness (QED) is 0.918. The van der Waals surface area contributed by atoms with Crippen molar-refractivity contribution in [1.82, 2.24) is 10.3 Å². The van der Waals surface area contributed by atoms with Gasteiger partial charge in [-0.1, -0.05) is 24.3 Å². The Morgan fingerprint density at radius 1 is 1.35 bits per heavy atom. The third-order valence-corrected chi connectivity index (χ3v) is 3.60. The van der Waals surface area contributed by atoms with Crippen molar-refractivity contribution < 1.29 is 9.53 Å². The zero-order valence-electron chi connectivity index (χ0n) is 11.7. The van der Waals surface area contributed by atoms with Gasteiger partial charge < -0.3 is 10.1 Å². The van der Waals surface area contributed by atoms with Crippen LogP contribution in [0.4, 0.5) is 4.79 Å². The zero-order valence-corrected chi connectivity index (χ0v) is 12.5. The average molecular weight is 290 g/mol. The van der Waals surface area contributed by atoms with Crippen LogP contribution in [0.5, 0.6) is 0 Å². The normalized spacial score (nSPS) is 10.3. The Bertz CT molecular complexity index is 564. The molecule has 20 heavy (non-hydrogen) atoms. The summed E-state index contributed by atoms with van der Waals surface area (Å²) in [5.74, 6) is 0. The van der Waals surface area contributed by atoms with Gasteiger partial charge in [-0.25, -0.2) is 9.78 Å². The maximum absolute atomic E-state index is 11.1. The van der Waals surface area contributed by atoms with E-state index in [-0.39, 0.29) is 6.09 Å². The number of alkyl carbamates (subject to hydrolysis) is 1. The number of aryl methyl sites for hydroxylation is 1. The minimum atomic E-state index is -0.359. The molecule has 5 heteroatoms. The number of amides is 1. The molecule has 2 aromatic rings. The Labute approximate surface area is 122 Å². The van der Waals surface area contributed by atoms with E-state index in [1.807, 2.05) is 6.92 Å². The molecule has 0 aliphatic rings. The molecule has 1 aromatic heterocycles. The smallest absolute Gasteiger partial charge is 0.407 e.